The molecule has 0 bridgehead atoms. The highest BCUT2D eigenvalue weighted by Gasteiger charge is 2.07. The highest BCUT2D eigenvalue weighted by atomic mass is 79.9. The van der Waals surface area contributed by atoms with Crippen molar-refractivity contribution in [1.29, 1.82) is 0 Å². The molecule has 0 aliphatic carbocycles. The highest BCUT2D eigenvalue weighted by molar-refractivity contribution is 9.10. The zero-order valence-corrected chi connectivity index (χ0v) is 9.68. The summed E-state index contributed by atoms with van der Waals surface area (Å²) in [7, 11) is 0. The van der Waals surface area contributed by atoms with Gasteiger partial charge in [-0.05, 0) is 22.4 Å². The first-order valence-electron chi connectivity index (χ1n) is 3.97. The quantitative estimate of drug-likeness (QED) is 0.667. The second-order valence-electron chi connectivity index (χ2n) is 2.62. The molecule has 0 aromatic carbocycles. The largest absolute Gasteiger partial charge is 0.396 e. The number of nitrogens with zero attached hydrogens (tertiary/aromatic N) is 2. The van der Waals surface area contributed by atoms with E-state index in [2.05, 4.69) is 32.8 Å². The number of aliphatic hydroxyl groups is 1. The van der Waals surface area contributed by atoms with Crippen molar-refractivity contribution in [3.63, 3.8) is 0 Å². The van der Waals surface area contributed by atoms with Gasteiger partial charge in [0, 0.05) is 18.1 Å². The minimum absolute atomic E-state index is 0.219. The van der Waals surface area contributed by atoms with E-state index in [9.17, 15) is 0 Å². The second kappa shape index (κ2) is 5.57. The summed E-state index contributed by atoms with van der Waals surface area (Å²) in [6.45, 7) is 2.28. The Morgan fingerprint density at radius 1 is 1.69 bits per heavy atom. The third-order valence-corrected chi connectivity index (χ3v) is 3.51. The lowest BCUT2D eigenvalue weighted by Crippen LogP contribution is -2.00. The van der Waals surface area contributed by atoms with Gasteiger partial charge in [0.15, 0.2) is 0 Å². The summed E-state index contributed by atoms with van der Waals surface area (Å²) >= 11 is 5.00. The predicted octanol–water partition coefficient (Wildman–Crippen LogP) is 2.10. The number of aromatic nitrogens is 2. The average Bonchev–Trinajstić information content (AvgIpc) is 2.09. The van der Waals surface area contributed by atoms with E-state index in [0.29, 0.717) is 5.25 Å². The van der Waals surface area contributed by atoms with Crippen LogP contribution in [0.15, 0.2) is 22.0 Å². The van der Waals surface area contributed by atoms with Crippen molar-refractivity contribution >= 4 is 27.7 Å². The maximum atomic E-state index is 8.73. The summed E-state index contributed by atoms with van der Waals surface area (Å²) < 4.78 is 0.907. The van der Waals surface area contributed by atoms with Crippen LogP contribution in [0.2, 0.25) is 0 Å². The molecule has 1 atom stereocenters. The van der Waals surface area contributed by atoms with Gasteiger partial charge in [-0.2, -0.15) is 0 Å². The van der Waals surface area contributed by atoms with Gasteiger partial charge < -0.3 is 5.11 Å². The fraction of sp³-hybridized carbons (Fsp3) is 0.500. The second-order valence-corrected chi connectivity index (χ2v) is 4.90. The van der Waals surface area contributed by atoms with Gasteiger partial charge >= 0.3 is 0 Å². The lowest BCUT2D eigenvalue weighted by molar-refractivity contribution is 0.289. The molecule has 0 radical (unpaired) electrons. The smallest absolute Gasteiger partial charge is 0.116 e. The first-order chi connectivity index (χ1) is 6.24. The van der Waals surface area contributed by atoms with Crippen LogP contribution in [0.3, 0.4) is 0 Å². The molecular formula is C8H11BrN2OS. The normalized spacial score (nSPS) is 12.8. The predicted molar refractivity (Wildman–Crippen MR) is 56.8 cm³/mol. The van der Waals surface area contributed by atoms with Crippen molar-refractivity contribution in [2.45, 2.75) is 23.6 Å². The first kappa shape index (κ1) is 10.9. The van der Waals surface area contributed by atoms with Crippen molar-refractivity contribution in [2.75, 3.05) is 6.61 Å². The minimum atomic E-state index is 0.219. The Hall–Kier alpha value is -0.130. The molecule has 1 rings (SSSR count). The molecule has 0 saturated carbocycles. The van der Waals surface area contributed by atoms with E-state index in [0.717, 1.165) is 15.9 Å². The van der Waals surface area contributed by atoms with E-state index in [1.807, 2.05) is 0 Å². The standard InChI is InChI=1S/C8H11BrN2OS/c1-6(2-3-12)13-8-7(9)4-10-5-11-8/h4-6,12H,2-3H2,1H3. The minimum Gasteiger partial charge on any atom is -0.396 e. The summed E-state index contributed by atoms with van der Waals surface area (Å²) in [5.41, 5.74) is 0. The number of thioether (sulfide) groups is 1. The summed E-state index contributed by atoms with van der Waals surface area (Å²) in [6.07, 6.45) is 4.03. The van der Waals surface area contributed by atoms with Crippen LogP contribution in [-0.2, 0) is 0 Å². The number of aliphatic hydroxyl groups excluding tert-OH is 1. The van der Waals surface area contributed by atoms with Gasteiger partial charge in [-0.15, -0.1) is 11.8 Å². The van der Waals surface area contributed by atoms with E-state index in [1.54, 1.807) is 18.0 Å². The Kier molecular flexibility index (Phi) is 4.69. The van der Waals surface area contributed by atoms with E-state index < -0.39 is 0 Å². The molecule has 1 unspecified atom stereocenters. The Morgan fingerprint density at radius 2 is 2.46 bits per heavy atom. The fourth-order valence-corrected chi connectivity index (χ4v) is 2.20. The molecule has 0 aliphatic rings. The number of hydrogen-bond acceptors (Lipinski definition) is 4. The molecule has 0 saturated heterocycles. The van der Waals surface area contributed by atoms with Crippen molar-refractivity contribution in [3.05, 3.63) is 17.0 Å². The Labute approximate surface area is 90.1 Å². The molecule has 72 valence electrons. The van der Waals surface area contributed by atoms with Crippen LogP contribution >= 0.6 is 27.7 Å². The SMILES string of the molecule is CC(CCO)Sc1ncncc1Br. The van der Waals surface area contributed by atoms with Gasteiger partial charge in [0.25, 0.3) is 0 Å². The molecule has 0 fully saturated rings. The van der Waals surface area contributed by atoms with Crippen LogP contribution in [0.25, 0.3) is 0 Å². The van der Waals surface area contributed by atoms with Crippen molar-refractivity contribution in [2.24, 2.45) is 0 Å². The monoisotopic (exact) mass is 262 g/mol. The Balaban J connectivity index is 2.58. The van der Waals surface area contributed by atoms with E-state index in [4.69, 9.17) is 5.11 Å². The van der Waals surface area contributed by atoms with Gasteiger partial charge in [0.2, 0.25) is 0 Å². The van der Waals surface area contributed by atoms with Gasteiger partial charge in [0.05, 0.1) is 4.47 Å². The van der Waals surface area contributed by atoms with Crippen molar-refractivity contribution in [3.8, 4) is 0 Å². The molecule has 0 aliphatic heterocycles. The lowest BCUT2D eigenvalue weighted by Gasteiger charge is -2.08. The average molecular weight is 263 g/mol. The summed E-state index contributed by atoms with van der Waals surface area (Å²) in [6, 6.07) is 0. The molecule has 3 nitrogen and oxygen atoms in total. The van der Waals surface area contributed by atoms with Crippen LogP contribution in [0.4, 0.5) is 0 Å². The summed E-state index contributed by atoms with van der Waals surface area (Å²) in [5.74, 6) is 0. The molecule has 13 heavy (non-hydrogen) atoms. The van der Waals surface area contributed by atoms with E-state index >= 15 is 0 Å². The molecule has 1 N–H and O–H groups in total. The zero-order valence-electron chi connectivity index (χ0n) is 7.27. The maximum absolute atomic E-state index is 8.73. The van der Waals surface area contributed by atoms with E-state index in [1.165, 1.54) is 6.33 Å². The zero-order chi connectivity index (χ0) is 9.68. The maximum Gasteiger partial charge on any atom is 0.116 e. The van der Waals surface area contributed by atoms with Crippen molar-refractivity contribution < 1.29 is 5.11 Å². The summed E-state index contributed by atoms with van der Waals surface area (Å²) in [5, 5.41) is 10.0. The molecular weight excluding hydrogens is 252 g/mol. The van der Waals surface area contributed by atoms with E-state index in [-0.39, 0.29) is 6.61 Å². The Morgan fingerprint density at radius 3 is 3.08 bits per heavy atom. The number of halogens is 1. The highest BCUT2D eigenvalue weighted by Crippen LogP contribution is 2.28. The number of rotatable bonds is 4. The van der Waals surface area contributed by atoms with Crippen LogP contribution in [0, 0.1) is 0 Å². The van der Waals surface area contributed by atoms with Crippen molar-refractivity contribution in [1.82, 2.24) is 9.97 Å². The topological polar surface area (TPSA) is 46.0 Å². The molecule has 5 heteroatoms. The third-order valence-electron chi connectivity index (χ3n) is 1.48. The van der Waals surface area contributed by atoms with Gasteiger partial charge in [0.1, 0.15) is 11.4 Å². The first-order valence-corrected chi connectivity index (χ1v) is 5.64. The number of hydrogen-bond donors (Lipinski definition) is 1. The lowest BCUT2D eigenvalue weighted by atomic mass is 10.3. The molecule has 1 heterocycles. The third kappa shape index (κ3) is 3.62. The van der Waals surface area contributed by atoms with Crippen LogP contribution < -0.4 is 0 Å². The van der Waals surface area contributed by atoms with Gasteiger partial charge in [-0.3, -0.25) is 0 Å². The summed E-state index contributed by atoms with van der Waals surface area (Å²) in [4.78, 5) is 8.00. The van der Waals surface area contributed by atoms with Crippen LogP contribution in [-0.4, -0.2) is 26.9 Å². The van der Waals surface area contributed by atoms with Gasteiger partial charge in [-0.1, -0.05) is 6.92 Å². The molecule has 0 spiro atoms. The molecule has 1 aromatic heterocycles. The van der Waals surface area contributed by atoms with Gasteiger partial charge in [-0.25, -0.2) is 9.97 Å². The fourth-order valence-electron chi connectivity index (χ4n) is 0.819. The molecule has 1 aromatic rings. The Bertz CT molecular complexity index is 272. The molecule has 0 amide bonds. The van der Waals surface area contributed by atoms with Crippen LogP contribution in [0.1, 0.15) is 13.3 Å². The van der Waals surface area contributed by atoms with Crippen LogP contribution in [0.5, 0.6) is 0 Å².